The highest BCUT2D eigenvalue weighted by Crippen LogP contribution is 2.42. The maximum atomic E-state index is 11.7. The van der Waals surface area contributed by atoms with Crippen LogP contribution in [0.3, 0.4) is 0 Å². The highest BCUT2D eigenvalue weighted by atomic mass is 32.2. The summed E-state index contributed by atoms with van der Waals surface area (Å²) in [7, 11) is -3.95. The molecule has 0 bridgehead atoms. The third kappa shape index (κ3) is 10.5. The van der Waals surface area contributed by atoms with E-state index in [1.807, 2.05) is 6.92 Å². The van der Waals surface area contributed by atoms with Crippen LogP contribution in [0.25, 0.3) is 0 Å². The molecule has 1 aliphatic carbocycles. The topological polar surface area (TPSA) is 77.4 Å². The van der Waals surface area contributed by atoms with Gasteiger partial charge < -0.3 is 14.1 Å². The molecule has 0 aliphatic heterocycles. The molecule has 0 radical (unpaired) electrons. The van der Waals surface area contributed by atoms with Crippen molar-refractivity contribution in [3.63, 3.8) is 0 Å². The summed E-state index contributed by atoms with van der Waals surface area (Å²) in [5.74, 6) is 0.221. The quantitative estimate of drug-likeness (QED) is 0.217. The third-order valence-electron chi connectivity index (χ3n) is 7.78. The minimum Gasteiger partial charge on any atom is -0.748 e. The van der Waals surface area contributed by atoms with Gasteiger partial charge in [-0.3, -0.25) is 0 Å². The van der Waals surface area contributed by atoms with Gasteiger partial charge >= 0.3 is 0 Å². The lowest BCUT2D eigenvalue weighted by Crippen LogP contribution is -2.51. The molecule has 0 heterocycles. The number of quaternary nitrogens is 1. The number of aliphatic hydroxyl groups is 1. The van der Waals surface area contributed by atoms with Crippen LogP contribution in [0.1, 0.15) is 97.5 Å². The van der Waals surface area contributed by atoms with E-state index in [0.29, 0.717) is 12.3 Å². The Morgan fingerprint density at radius 1 is 0.939 bits per heavy atom. The van der Waals surface area contributed by atoms with Crippen LogP contribution in [0, 0.1) is 5.92 Å². The number of rotatable bonds is 13. The van der Waals surface area contributed by atoms with Crippen molar-refractivity contribution in [1.29, 1.82) is 0 Å². The number of hydrogen-bond donors (Lipinski definition) is 1. The lowest BCUT2D eigenvalue weighted by atomic mass is 9.71. The SMILES string of the molecule is CCCCCCS(=O)(=O)[O-].CC[N+](CC)(CC)CCC(O)(c1ccccc1)C1CCCCC1. The van der Waals surface area contributed by atoms with Gasteiger partial charge in [-0.2, -0.15) is 0 Å². The van der Waals surface area contributed by atoms with Crippen molar-refractivity contribution in [3.8, 4) is 0 Å². The predicted molar refractivity (Wildman–Crippen MR) is 137 cm³/mol. The standard InChI is InChI=1S/C21H36NO.C6H14O3S/c1-4-22(5-2,6-3)18-17-21(23,19-13-9-7-10-14-19)20-15-11-8-12-16-20;1-2-3-4-5-6-10(7,8)9/h7,9-10,13-14,20,23H,4-6,8,11-12,15-18H2,1-3H3;2-6H2,1H3,(H,7,8,9)/q+1;/p-1. The number of hydrogen-bond acceptors (Lipinski definition) is 4. The number of unbranched alkanes of at least 4 members (excludes halogenated alkanes) is 3. The third-order valence-corrected chi connectivity index (χ3v) is 8.57. The molecule has 0 spiro atoms. The van der Waals surface area contributed by atoms with E-state index in [0.717, 1.165) is 61.9 Å². The zero-order valence-corrected chi connectivity index (χ0v) is 22.4. The van der Waals surface area contributed by atoms with Crippen molar-refractivity contribution in [2.75, 3.05) is 31.9 Å². The van der Waals surface area contributed by atoms with Gasteiger partial charge in [-0.1, -0.05) is 75.8 Å². The summed E-state index contributed by atoms with van der Waals surface area (Å²) in [4.78, 5) is 0. The van der Waals surface area contributed by atoms with E-state index in [2.05, 4.69) is 51.1 Å². The van der Waals surface area contributed by atoms with E-state index < -0.39 is 15.7 Å². The zero-order chi connectivity index (χ0) is 24.8. The summed E-state index contributed by atoms with van der Waals surface area (Å²) < 4.78 is 31.2. The van der Waals surface area contributed by atoms with Crippen molar-refractivity contribution in [2.24, 2.45) is 5.92 Å². The average Bonchev–Trinajstić information content (AvgIpc) is 2.84. The minimum atomic E-state index is -3.95. The molecule has 33 heavy (non-hydrogen) atoms. The lowest BCUT2D eigenvalue weighted by molar-refractivity contribution is -0.924. The zero-order valence-electron chi connectivity index (χ0n) is 21.6. The number of benzene rings is 1. The van der Waals surface area contributed by atoms with Crippen molar-refractivity contribution in [1.82, 2.24) is 0 Å². The summed E-state index contributed by atoms with van der Waals surface area (Å²) in [6.07, 6.45) is 10.5. The Morgan fingerprint density at radius 2 is 1.52 bits per heavy atom. The molecule has 192 valence electrons. The van der Waals surface area contributed by atoms with Crippen LogP contribution in [-0.2, 0) is 15.7 Å². The van der Waals surface area contributed by atoms with E-state index in [-0.39, 0.29) is 5.75 Å². The molecule has 0 saturated heterocycles. The molecule has 1 aliphatic rings. The van der Waals surface area contributed by atoms with Crippen molar-refractivity contribution in [3.05, 3.63) is 35.9 Å². The van der Waals surface area contributed by atoms with Crippen LogP contribution in [0.2, 0.25) is 0 Å². The first kappa shape index (κ1) is 30.1. The van der Waals surface area contributed by atoms with Gasteiger partial charge in [-0.25, -0.2) is 8.42 Å². The Morgan fingerprint density at radius 3 is 2.00 bits per heavy atom. The van der Waals surface area contributed by atoms with Gasteiger partial charge in [-0.05, 0) is 51.5 Å². The molecule has 0 amide bonds. The van der Waals surface area contributed by atoms with Crippen LogP contribution in [0.4, 0.5) is 0 Å². The molecule has 1 fully saturated rings. The first-order chi connectivity index (χ1) is 15.7. The molecule has 1 N–H and O–H groups in total. The first-order valence-corrected chi connectivity index (χ1v) is 14.8. The van der Waals surface area contributed by atoms with Crippen molar-refractivity contribution in [2.45, 2.75) is 97.5 Å². The first-order valence-electron chi connectivity index (χ1n) is 13.2. The molecule has 1 saturated carbocycles. The van der Waals surface area contributed by atoms with E-state index in [1.54, 1.807) is 0 Å². The Kier molecular flexibility index (Phi) is 13.8. The number of nitrogens with zero attached hydrogens (tertiary/aromatic N) is 1. The van der Waals surface area contributed by atoms with E-state index in [9.17, 15) is 18.1 Å². The van der Waals surface area contributed by atoms with Gasteiger partial charge in [0.25, 0.3) is 0 Å². The molecule has 1 aromatic carbocycles. The highest BCUT2D eigenvalue weighted by molar-refractivity contribution is 7.85. The van der Waals surface area contributed by atoms with Crippen LogP contribution < -0.4 is 0 Å². The van der Waals surface area contributed by atoms with Gasteiger partial charge in [0.2, 0.25) is 0 Å². The van der Waals surface area contributed by atoms with Crippen LogP contribution >= 0.6 is 0 Å². The average molecular weight is 484 g/mol. The van der Waals surface area contributed by atoms with E-state index in [4.69, 9.17) is 0 Å². The second-order valence-electron chi connectivity index (χ2n) is 9.71. The molecular weight excluding hydrogens is 434 g/mol. The van der Waals surface area contributed by atoms with Crippen molar-refractivity contribution >= 4 is 10.1 Å². The summed E-state index contributed by atoms with van der Waals surface area (Å²) in [6, 6.07) is 10.5. The Labute approximate surface area is 203 Å². The fourth-order valence-electron chi connectivity index (χ4n) is 5.15. The summed E-state index contributed by atoms with van der Waals surface area (Å²) in [5.41, 5.74) is 0.485. The second-order valence-corrected chi connectivity index (χ2v) is 11.2. The fraction of sp³-hybridized carbons (Fsp3) is 0.778. The summed E-state index contributed by atoms with van der Waals surface area (Å²) in [5, 5.41) is 11.7. The van der Waals surface area contributed by atoms with Crippen molar-refractivity contribution < 1.29 is 22.6 Å². The molecule has 1 unspecified atom stereocenters. The van der Waals surface area contributed by atoms with Gasteiger partial charge in [0.05, 0.1) is 41.9 Å². The molecule has 1 atom stereocenters. The maximum absolute atomic E-state index is 11.7. The molecule has 0 aromatic heterocycles. The van der Waals surface area contributed by atoms with Crippen LogP contribution in [0.15, 0.2) is 30.3 Å². The minimum absolute atomic E-state index is 0.201. The van der Waals surface area contributed by atoms with Crippen LogP contribution in [0.5, 0.6) is 0 Å². The molecule has 1 aromatic rings. The summed E-state index contributed by atoms with van der Waals surface area (Å²) >= 11 is 0. The summed E-state index contributed by atoms with van der Waals surface area (Å²) in [6.45, 7) is 13.4. The highest BCUT2D eigenvalue weighted by Gasteiger charge is 2.40. The van der Waals surface area contributed by atoms with Gasteiger partial charge in [0, 0.05) is 12.2 Å². The second kappa shape index (κ2) is 15.1. The van der Waals surface area contributed by atoms with E-state index >= 15 is 0 Å². The van der Waals surface area contributed by atoms with Gasteiger partial charge in [-0.15, -0.1) is 0 Å². The monoisotopic (exact) mass is 483 g/mol. The van der Waals surface area contributed by atoms with Gasteiger partial charge in [0.1, 0.15) is 0 Å². The molecule has 6 heteroatoms. The predicted octanol–water partition coefficient (Wildman–Crippen LogP) is 5.83. The maximum Gasteiger partial charge on any atom is 0.0978 e. The molecule has 5 nitrogen and oxygen atoms in total. The van der Waals surface area contributed by atoms with Crippen LogP contribution in [-0.4, -0.2) is 54.5 Å². The Balaban J connectivity index is 0.000000461. The molecule has 2 rings (SSSR count). The Bertz CT molecular complexity index is 719. The Hall–Kier alpha value is -0.950. The lowest BCUT2D eigenvalue weighted by Gasteiger charge is -2.43. The fourth-order valence-corrected chi connectivity index (χ4v) is 5.71. The smallest absolute Gasteiger partial charge is 0.0978 e. The normalized spacial score (nSPS) is 17.2. The molecular formula is C27H49NO4S. The van der Waals surface area contributed by atoms with E-state index in [1.165, 1.54) is 32.1 Å². The largest absolute Gasteiger partial charge is 0.748 e. The van der Waals surface area contributed by atoms with Gasteiger partial charge in [0.15, 0.2) is 0 Å².